The highest BCUT2D eigenvalue weighted by Gasteiger charge is 2.22. The second-order valence-corrected chi connectivity index (χ2v) is 6.77. The lowest BCUT2D eigenvalue weighted by molar-refractivity contribution is -0.115. The molecule has 1 unspecified atom stereocenters. The molecule has 146 valence electrons. The fourth-order valence-electron chi connectivity index (χ4n) is 2.48. The number of halogens is 2. The average Bonchev–Trinajstić information content (AvgIpc) is 2.62. The summed E-state index contributed by atoms with van der Waals surface area (Å²) in [6, 6.07) is 2.80. The van der Waals surface area contributed by atoms with Crippen molar-refractivity contribution in [1.82, 2.24) is 14.8 Å². The molecule has 0 amide bonds. The Morgan fingerprint density at radius 2 is 1.89 bits per heavy atom. The summed E-state index contributed by atoms with van der Waals surface area (Å²) in [4.78, 5) is 41.3. The largest absolute Gasteiger partial charge is 0.436 e. The predicted molar refractivity (Wildman–Crippen MR) is 103 cm³/mol. The first-order valence-electron chi connectivity index (χ1n) is 7.99. The van der Waals surface area contributed by atoms with Crippen LogP contribution >= 0.6 is 23.2 Å². The lowest BCUT2D eigenvalue weighted by Gasteiger charge is -2.16. The molecule has 1 aliphatic heterocycles. The van der Waals surface area contributed by atoms with Gasteiger partial charge < -0.3 is 9.84 Å². The second-order valence-electron chi connectivity index (χ2n) is 5.96. The SMILES string of the molecule is CC(O)C1=CC(Oc2c(Cl)cc(-c3nn(C)c(=O)[nH]c3=O)cc2Cl)=NCC1=O. The van der Waals surface area contributed by atoms with Gasteiger partial charge in [0.15, 0.2) is 17.2 Å². The number of aryl methyl sites for hydroxylation is 1. The predicted octanol–water partition coefficient (Wildman–Crippen LogP) is 1.11. The molecule has 0 saturated carbocycles. The standard InChI is InChI=1S/C17H14Cl2N4O5/c1-7(24)9-5-13(20-6-12(9)25)28-15-10(18)3-8(4-11(15)19)14-16(26)21-17(27)23(2)22-14/h3-5,7,24H,6H2,1-2H3,(H,21,26,27). The molecular formula is C17H14Cl2N4O5. The van der Waals surface area contributed by atoms with E-state index in [0.717, 1.165) is 4.68 Å². The molecule has 9 nitrogen and oxygen atoms in total. The van der Waals surface area contributed by atoms with Crippen molar-refractivity contribution < 1.29 is 14.6 Å². The second kappa shape index (κ2) is 7.70. The van der Waals surface area contributed by atoms with Gasteiger partial charge in [-0.3, -0.25) is 14.6 Å². The number of ketones is 1. The van der Waals surface area contributed by atoms with Gasteiger partial charge in [0.25, 0.3) is 5.56 Å². The van der Waals surface area contributed by atoms with Crippen LogP contribution in [0.5, 0.6) is 5.75 Å². The van der Waals surface area contributed by atoms with Gasteiger partial charge in [0.05, 0.1) is 16.1 Å². The fraction of sp³-hybridized carbons (Fsp3) is 0.235. The maximum absolute atomic E-state index is 12.0. The Morgan fingerprint density at radius 1 is 1.25 bits per heavy atom. The molecule has 1 aromatic heterocycles. The minimum atomic E-state index is -0.975. The normalized spacial score (nSPS) is 15.1. The number of hydrogen-bond acceptors (Lipinski definition) is 7. The van der Waals surface area contributed by atoms with E-state index in [-0.39, 0.29) is 50.9 Å². The number of aliphatic imine (C=N–C) groups is 1. The van der Waals surface area contributed by atoms with Crippen molar-refractivity contribution in [3.63, 3.8) is 0 Å². The van der Waals surface area contributed by atoms with Crippen LogP contribution < -0.4 is 16.0 Å². The number of ether oxygens (including phenoxy) is 1. The molecule has 1 aromatic carbocycles. The molecule has 0 bridgehead atoms. The number of nitrogens with zero attached hydrogens (tertiary/aromatic N) is 3. The smallest absolute Gasteiger partial charge is 0.344 e. The van der Waals surface area contributed by atoms with Crippen LogP contribution in [0.3, 0.4) is 0 Å². The van der Waals surface area contributed by atoms with Gasteiger partial charge in [0.1, 0.15) is 6.54 Å². The highest BCUT2D eigenvalue weighted by molar-refractivity contribution is 6.38. The van der Waals surface area contributed by atoms with Crippen molar-refractivity contribution in [2.75, 3.05) is 6.54 Å². The summed E-state index contributed by atoms with van der Waals surface area (Å²) in [5.74, 6) is -0.192. The summed E-state index contributed by atoms with van der Waals surface area (Å²) >= 11 is 12.5. The first kappa shape index (κ1) is 20.0. The zero-order valence-corrected chi connectivity index (χ0v) is 16.2. The molecule has 1 atom stereocenters. The number of aromatic nitrogens is 3. The monoisotopic (exact) mass is 424 g/mol. The Bertz CT molecular complexity index is 1120. The topological polar surface area (TPSA) is 127 Å². The van der Waals surface area contributed by atoms with Crippen molar-refractivity contribution in [2.24, 2.45) is 12.0 Å². The lowest BCUT2D eigenvalue weighted by atomic mass is 10.0. The van der Waals surface area contributed by atoms with Crippen molar-refractivity contribution in [2.45, 2.75) is 13.0 Å². The lowest BCUT2D eigenvalue weighted by Crippen LogP contribution is -2.31. The van der Waals surface area contributed by atoms with Gasteiger partial charge in [-0.25, -0.2) is 14.5 Å². The van der Waals surface area contributed by atoms with Crippen molar-refractivity contribution in [3.05, 3.63) is 54.7 Å². The van der Waals surface area contributed by atoms with Gasteiger partial charge in [-0.2, -0.15) is 5.10 Å². The van der Waals surface area contributed by atoms with Crippen molar-refractivity contribution in [1.29, 1.82) is 0 Å². The number of aliphatic hydroxyl groups excluding tert-OH is 1. The summed E-state index contributed by atoms with van der Waals surface area (Å²) in [5, 5.41) is 13.7. The molecule has 0 spiro atoms. The maximum atomic E-state index is 12.0. The molecule has 0 saturated heterocycles. The zero-order chi connectivity index (χ0) is 20.6. The summed E-state index contributed by atoms with van der Waals surface area (Å²) in [6.45, 7) is 1.29. The highest BCUT2D eigenvalue weighted by Crippen LogP contribution is 2.37. The first-order valence-corrected chi connectivity index (χ1v) is 8.75. The Labute approximate surface area is 167 Å². The quantitative estimate of drug-likeness (QED) is 0.759. The number of carbonyl (C=O) groups excluding carboxylic acids is 1. The van der Waals surface area contributed by atoms with E-state index in [9.17, 15) is 19.5 Å². The molecule has 1 aliphatic rings. The molecule has 0 aliphatic carbocycles. The first-order chi connectivity index (χ1) is 13.2. The van der Waals surface area contributed by atoms with Crippen molar-refractivity contribution in [3.8, 4) is 17.0 Å². The van der Waals surface area contributed by atoms with Crippen LogP contribution in [0.2, 0.25) is 10.0 Å². The summed E-state index contributed by atoms with van der Waals surface area (Å²) in [7, 11) is 1.39. The third kappa shape index (κ3) is 3.91. The van der Waals surface area contributed by atoms with Crippen LogP contribution in [-0.4, -0.2) is 44.2 Å². The van der Waals surface area contributed by atoms with Gasteiger partial charge in [0.2, 0.25) is 5.90 Å². The number of carbonyl (C=O) groups is 1. The van der Waals surface area contributed by atoms with E-state index in [1.807, 2.05) is 0 Å². The van der Waals surface area contributed by atoms with E-state index < -0.39 is 17.4 Å². The van der Waals surface area contributed by atoms with Crippen LogP contribution in [0.15, 0.2) is 38.4 Å². The molecule has 2 heterocycles. The average molecular weight is 425 g/mol. The summed E-state index contributed by atoms with van der Waals surface area (Å²) < 4.78 is 6.57. The van der Waals surface area contributed by atoms with Crippen LogP contribution in [0.1, 0.15) is 6.92 Å². The van der Waals surface area contributed by atoms with Crippen LogP contribution in [0.4, 0.5) is 0 Å². The van der Waals surface area contributed by atoms with Crippen molar-refractivity contribution >= 4 is 34.9 Å². The Kier molecular flexibility index (Phi) is 5.50. The minimum absolute atomic E-state index is 0.0469. The number of H-pyrrole nitrogens is 1. The van der Waals surface area contributed by atoms with Crippen LogP contribution in [-0.2, 0) is 11.8 Å². The zero-order valence-electron chi connectivity index (χ0n) is 14.7. The third-order valence-electron chi connectivity index (χ3n) is 3.89. The fourth-order valence-corrected chi connectivity index (χ4v) is 3.05. The van der Waals surface area contributed by atoms with Crippen LogP contribution in [0, 0.1) is 0 Å². The van der Waals surface area contributed by atoms with E-state index in [0.29, 0.717) is 0 Å². The third-order valence-corrected chi connectivity index (χ3v) is 4.45. The number of Topliss-reactive ketones (excluding diaryl/α,β-unsaturated/α-hetero) is 1. The van der Waals surface area contributed by atoms with E-state index in [1.165, 1.54) is 32.2 Å². The number of dihydropyridines is 1. The minimum Gasteiger partial charge on any atom is -0.436 e. The summed E-state index contributed by atoms with van der Waals surface area (Å²) in [6.07, 6.45) is 0.341. The van der Waals surface area contributed by atoms with Gasteiger partial charge >= 0.3 is 5.69 Å². The molecule has 28 heavy (non-hydrogen) atoms. The summed E-state index contributed by atoms with van der Waals surface area (Å²) in [5.41, 5.74) is -0.954. The molecule has 2 N–H and O–H groups in total. The number of hydrogen-bond donors (Lipinski definition) is 2. The molecule has 0 radical (unpaired) electrons. The van der Waals surface area contributed by atoms with Gasteiger partial charge in [-0.15, -0.1) is 0 Å². The molecule has 2 aromatic rings. The number of aliphatic hydroxyl groups is 1. The van der Waals surface area contributed by atoms with E-state index in [4.69, 9.17) is 27.9 Å². The molecule has 11 heteroatoms. The Balaban J connectivity index is 1.98. The van der Waals surface area contributed by atoms with E-state index in [1.54, 1.807) is 0 Å². The Morgan fingerprint density at radius 3 is 2.50 bits per heavy atom. The van der Waals surface area contributed by atoms with E-state index >= 15 is 0 Å². The van der Waals surface area contributed by atoms with E-state index in [2.05, 4.69) is 15.1 Å². The number of aromatic amines is 1. The number of rotatable bonds is 3. The Hall–Kier alpha value is -2.75. The van der Waals surface area contributed by atoms with Crippen LogP contribution in [0.25, 0.3) is 11.3 Å². The molecular weight excluding hydrogens is 411 g/mol. The number of benzene rings is 1. The van der Waals surface area contributed by atoms with Gasteiger partial charge in [0, 0.05) is 24.3 Å². The van der Waals surface area contributed by atoms with Gasteiger partial charge in [-0.05, 0) is 19.1 Å². The highest BCUT2D eigenvalue weighted by atomic mass is 35.5. The van der Waals surface area contributed by atoms with Gasteiger partial charge in [-0.1, -0.05) is 23.2 Å². The molecule has 3 rings (SSSR count). The maximum Gasteiger partial charge on any atom is 0.344 e. The number of nitrogens with one attached hydrogen (secondary N) is 1. The molecule has 0 fully saturated rings.